The van der Waals surface area contributed by atoms with E-state index in [1.165, 1.54) is 12.1 Å². The van der Waals surface area contributed by atoms with Gasteiger partial charge in [-0.25, -0.2) is 12.8 Å². The molecule has 9 heteroatoms. The molecule has 0 bridgehead atoms. The average molecular weight is 331 g/mol. The van der Waals surface area contributed by atoms with E-state index >= 15 is 0 Å². The maximum atomic E-state index is 13.5. The van der Waals surface area contributed by atoms with E-state index < -0.39 is 15.8 Å². The molecule has 1 saturated heterocycles. The number of hydrogen-bond acceptors (Lipinski definition) is 5. The molecule has 122 valence electrons. The lowest BCUT2D eigenvalue weighted by Crippen LogP contribution is -2.43. The first-order chi connectivity index (χ1) is 10.3. The van der Waals surface area contributed by atoms with Gasteiger partial charge >= 0.3 is 0 Å². The van der Waals surface area contributed by atoms with Crippen molar-refractivity contribution in [3.63, 3.8) is 0 Å². The number of anilines is 2. The molecule has 1 unspecified atom stereocenters. The maximum Gasteiger partial charge on any atom is 0.229 e. The van der Waals surface area contributed by atoms with Crippen LogP contribution in [0.4, 0.5) is 15.8 Å². The van der Waals surface area contributed by atoms with Gasteiger partial charge in [0.15, 0.2) is 0 Å². The molecular formula is C13H18FN3O4S. The number of halogens is 1. The first-order valence-corrected chi connectivity index (χ1v) is 8.61. The van der Waals surface area contributed by atoms with E-state index in [-0.39, 0.29) is 24.1 Å². The van der Waals surface area contributed by atoms with Crippen LogP contribution in [0.5, 0.6) is 0 Å². The molecule has 22 heavy (non-hydrogen) atoms. The van der Waals surface area contributed by atoms with Crippen molar-refractivity contribution < 1.29 is 22.3 Å². The van der Waals surface area contributed by atoms with Crippen molar-refractivity contribution in [1.82, 2.24) is 5.32 Å². The molecule has 1 aliphatic rings. The normalized spacial score (nSPS) is 18.7. The largest absolute Gasteiger partial charge is 0.378 e. The molecule has 1 aliphatic heterocycles. The zero-order chi connectivity index (χ0) is 16.2. The van der Waals surface area contributed by atoms with E-state index in [0.29, 0.717) is 25.4 Å². The number of ether oxygens (including phenoxy) is 1. The topological polar surface area (TPSA) is 96.5 Å². The molecule has 0 radical (unpaired) electrons. The molecule has 1 amide bonds. The number of rotatable bonds is 5. The number of benzene rings is 1. The highest BCUT2D eigenvalue weighted by Gasteiger charge is 2.17. The van der Waals surface area contributed by atoms with Crippen LogP contribution in [0.3, 0.4) is 0 Å². The average Bonchev–Trinajstić information content (AvgIpc) is 2.42. The summed E-state index contributed by atoms with van der Waals surface area (Å²) in [4.78, 5) is 11.9. The summed E-state index contributed by atoms with van der Waals surface area (Å²) in [5.41, 5.74) is 0.105. The van der Waals surface area contributed by atoms with Crippen molar-refractivity contribution in [1.29, 1.82) is 0 Å². The van der Waals surface area contributed by atoms with E-state index in [9.17, 15) is 17.6 Å². The summed E-state index contributed by atoms with van der Waals surface area (Å²) in [6.07, 6.45) is 1.14. The van der Waals surface area contributed by atoms with Gasteiger partial charge in [0.1, 0.15) is 5.82 Å². The summed E-state index contributed by atoms with van der Waals surface area (Å²) in [7, 11) is -3.60. The number of sulfonamides is 1. The molecular weight excluding hydrogens is 313 g/mol. The third kappa shape index (κ3) is 5.24. The first kappa shape index (κ1) is 16.7. The lowest BCUT2D eigenvalue weighted by molar-refractivity contribution is -0.117. The maximum absolute atomic E-state index is 13.5. The molecule has 1 aromatic rings. The first-order valence-electron chi connectivity index (χ1n) is 6.72. The molecule has 1 fully saturated rings. The highest BCUT2D eigenvalue weighted by molar-refractivity contribution is 7.92. The number of carbonyl (C=O) groups excluding carboxylic acids is 1. The van der Waals surface area contributed by atoms with Crippen molar-refractivity contribution in [2.45, 2.75) is 12.5 Å². The SMILES string of the molecule is CS(=O)(=O)Nc1cc(NC(=O)CC2COCCN2)ccc1F. The van der Waals surface area contributed by atoms with Crippen molar-refractivity contribution in [2.75, 3.05) is 36.1 Å². The Morgan fingerprint density at radius 3 is 2.91 bits per heavy atom. The predicted octanol–water partition coefficient (Wildman–Crippen LogP) is 0.514. The van der Waals surface area contributed by atoms with E-state index in [4.69, 9.17) is 4.74 Å². The predicted molar refractivity (Wildman–Crippen MR) is 80.7 cm³/mol. The van der Waals surface area contributed by atoms with E-state index in [1.807, 2.05) is 0 Å². The molecule has 1 aromatic carbocycles. The summed E-state index contributed by atoms with van der Waals surface area (Å²) in [5, 5.41) is 5.76. The summed E-state index contributed by atoms with van der Waals surface area (Å²) in [6, 6.07) is 3.62. The van der Waals surface area contributed by atoms with Crippen molar-refractivity contribution >= 4 is 27.3 Å². The Balaban J connectivity index is 1.99. The van der Waals surface area contributed by atoms with Gasteiger partial charge in [-0.1, -0.05) is 0 Å². The minimum absolute atomic E-state index is 0.0668. The molecule has 0 aromatic heterocycles. The number of hydrogen-bond donors (Lipinski definition) is 3. The van der Waals surface area contributed by atoms with Gasteiger partial charge in [-0.3, -0.25) is 9.52 Å². The molecule has 7 nitrogen and oxygen atoms in total. The Bertz CT molecular complexity index is 645. The van der Waals surface area contributed by atoms with Crippen molar-refractivity contribution in [2.24, 2.45) is 0 Å². The number of morpholine rings is 1. The minimum Gasteiger partial charge on any atom is -0.378 e. The Morgan fingerprint density at radius 1 is 1.50 bits per heavy atom. The zero-order valence-corrected chi connectivity index (χ0v) is 12.9. The van der Waals surface area contributed by atoms with E-state index in [2.05, 4.69) is 15.4 Å². The fourth-order valence-corrected chi connectivity index (χ4v) is 2.62. The second-order valence-electron chi connectivity index (χ2n) is 5.05. The molecule has 0 saturated carbocycles. The standard InChI is InChI=1S/C13H18FN3O4S/c1-22(19,20)17-12-6-9(2-3-11(12)14)16-13(18)7-10-8-21-5-4-15-10/h2-3,6,10,15,17H,4-5,7-8H2,1H3,(H,16,18). The molecule has 2 rings (SSSR count). The van der Waals surface area contributed by atoms with Crippen LogP contribution in [-0.4, -0.2) is 46.4 Å². The van der Waals surface area contributed by atoms with Gasteiger partial charge < -0.3 is 15.4 Å². The highest BCUT2D eigenvalue weighted by atomic mass is 32.2. The monoisotopic (exact) mass is 331 g/mol. The van der Waals surface area contributed by atoms with Crippen LogP contribution in [-0.2, 0) is 19.6 Å². The van der Waals surface area contributed by atoms with Crippen LogP contribution in [0, 0.1) is 5.82 Å². The van der Waals surface area contributed by atoms with Gasteiger partial charge in [-0.05, 0) is 18.2 Å². The molecule has 1 heterocycles. The van der Waals surface area contributed by atoms with Gasteiger partial charge in [0.2, 0.25) is 15.9 Å². The van der Waals surface area contributed by atoms with Gasteiger partial charge in [-0.2, -0.15) is 0 Å². The van der Waals surface area contributed by atoms with Crippen LogP contribution in [0.2, 0.25) is 0 Å². The highest BCUT2D eigenvalue weighted by Crippen LogP contribution is 2.20. The van der Waals surface area contributed by atoms with E-state index in [0.717, 1.165) is 12.3 Å². The Labute approximate surface area is 128 Å². The fraction of sp³-hybridized carbons (Fsp3) is 0.462. The summed E-state index contributed by atoms with van der Waals surface area (Å²) < 4.78 is 43.2. The third-order valence-corrected chi connectivity index (χ3v) is 3.57. The Kier molecular flexibility index (Phi) is 5.33. The molecule has 1 atom stereocenters. The smallest absolute Gasteiger partial charge is 0.229 e. The lowest BCUT2D eigenvalue weighted by Gasteiger charge is -2.23. The number of carbonyl (C=O) groups is 1. The van der Waals surface area contributed by atoms with Crippen LogP contribution < -0.4 is 15.4 Å². The van der Waals surface area contributed by atoms with Crippen LogP contribution >= 0.6 is 0 Å². The summed E-state index contributed by atoms with van der Waals surface area (Å²) in [6.45, 7) is 1.77. The Hall–Kier alpha value is -1.71. The van der Waals surface area contributed by atoms with Gasteiger partial charge in [0.05, 0.1) is 25.2 Å². The molecule has 0 aliphatic carbocycles. The molecule has 0 spiro atoms. The van der Waals surface area contributed by atoms with Crippen molar-refractivity contribution in [3.8, 4) is 0 Å². The zero-order valence-electron chi connectivity index (χ0n) is 12.1. The lowest BCUT2D eigenvalue weighted by atomic mass is 10.2. The second kappa shape index (κ2) is 7.03. The Morgan fingerprint density at radius 2 is 2.27 bits per heavy atom. The quantitative estimate of drug-likeness (QED) is 0.731. The van der Waals surface area contributed by atoms with Crippen LogP contribution in [0.1, 0.15) is 6.42 Å². The van der Waals surface area contributed by atoms with Gasteiger partial charge in [0.25, 0.3) is 0 Å². The second-order valence-corrected chi connectivity index (χ2v) is 6.80. The third-order valence-electron chi connectivity index (χ3n) is 2.98. The summed E-state index contributed by atoms with van der Waals surface area (Å²) >= 11 is 0. The number of amides is 1. The van der Waals surface area contributed by atoms with Gasteiger partial charge in [-0.15, -0.1) is 0 Å². The minimum atomic E-state index is -3.60. The van der Waals surface area contributed by atoms with Gasteiger partial charge in [0, 0.05) is 24.7 Å². The fourth-order valence-electron chi connectivity index (χ4n) is 2.07. The van der Waals surface area contributed by atoms with E-state index in [1.54, 1.807) is 0 Å². The number of nitrogens with one attached hydrogen (secondary N) is 3. The van der Waals surface area contributed by atoms with Crippen LogP contribution in [0.15, 0.2) is 18.2 Å². The van der Waals surface area contributed by atoms with Crippen molar-refractivity contribution in [3.05, 3.63) is 24.0 Å². The summed E-state index contributed by atoms with van der Waals surface area (Å²) in [5.74, 6) is -0.981. The molecule has 3 N–H and O–H groups in total. The van der Waals surface area contributed by atoms with Crippen LogP contribution in [0.25, 0.3) is 0 Å².